The van der Waals surface area contributed by atoms with Gasteiger partial charge >= 0.3 is 0 Å². The summed E-state index contributed by atoms with van der Waals surface area (Å²) in [6, 6.07) is 0. The first kappa shape index (κ1) is 28.9. The molecular formula is C28H47N3O2. The Morgan fingerprint density at radius 1 is 1.24 bits per heavy atom. The third-order valence-electron chi connectivity index (χ3n) is 5.82. The van der Waals surface area contributed by atoms with Gasteiger partial charge in [0.15, 0.2) is 5.78 Å². The van der Waals surface area contributed by atoms with E-state index in [4.69, 9.17) is 9.73 Å². The number of hydrogen-bond donors (Lipinski definition) is 2. The van der Waals surface area contributed by atoms with Crippen molar-refractivity contribution in [1.82, 2.24) is 10.6 Å². The lowest BCUT2D eigenvalue weighted by Gasteiger charge is -2.25. The van der Waals surface area contributed by atoms with Crippen LogP contribution in [0.15, 0.2) is 52.1 Å². The van der Waals surface area contributed by atoms with Crippen molar-refractivity contribution in [1.29, 1.82) is 0 Å². The summed E-state index contributed by atoms with van der Waals surface area (Å²) >= 11 is 0. The molecule has 5 heteroatoms. The lowest BCUT2D eigenvalue weighted by atomic mass is 9.97. The molecule has 0 bridgehead atoms. The summed E-state index contributed by atoms with van der Waals surface area (Å²) in [5, 5.41) is 6.95. The number of allylic oxidation sites excluding steroid dienone is 6. The molecule has 0 saturated carbocycles. The van der Waals surface area contributed by atoms with Crippen LogP contribution in [-0.2, 0) is 9.53 Å². The zero-order valence-corrected chi connectivity index (χ0v) is 22.3. The number of hydrogen-bond acceptors (Lipinski definition) is 5. The molecule has 0 aromatic carbocycles. The van der Waals surface area contributed by atoms with Crippen LogP contribution in [-0.4, -0.2) is 31.2 Å². The van der Waals surface area contributed by atoms with E-state index in [0.717, 1.165) is 55.5 Å². The number of carbonyl (C=O) groups excluding carboxylic acids is 1. The Morgan fingerprint density at radius 2 is 1.97 bits per heavy atom. The molecule has 0 aliphatic heterocycles. The fourth-order valence-electron chi connectivity index (χ4n) is 3.79. The smallest absolute Gasteiger partial charge is 0.166 e. The predicted molar refractivity (Wildman–Crippen MR) is 141 cm³/mol. The van der Waals surface area contributed by atoms with Crippen molar-refractivity contribution < 1.29 is 9.53 Å². The highest BCUT2D eigenvalue weighted by Gasteiger charge is 2.19. The lowest BCUT2D eigenvalue weighted by molar-refractivity contribution is -0.117. The summed E-state index contributed by atoms with van der Waals surface area (Å²) in [5.74, 6) is 2.70. The van der Waals surface area contributed by atoms with Gasteiger partial charge in [0.05, 0.1) is 12.3 Å². The molecule has 1 aliphatic carbocycles. The van der Waals surface area contributed by atoms with Crippen LogP contribution in [0.5, 0.6) is 0 Å². The summed E-state index contributed by atoms with van der Waals surface area (Å²) in [7, 11) is 0. The maximum Gasteiger partial charge on any atom is 0.166 e. The second-order valence-corrected chi connectivity index (χ2v) is 9.23. The van der Waals surface area contributed by atoms with Gasteiger partial charge in [-0.2, -0.15) is 0 Å². The Labute approximate surface area is 202 Å². The molecule has 1 rings (SSSR count). The van der Waals surface area contributed by atoms with Crippen LogP contribution in [0.4, 0.5) is 0 Å². The quantitative estimate of drug-likeness (QED) is 0.172. The Kier molecular flexibility index (Phi) is 13.7. The van der Waals surface area contributed by atoms with Gasteiger partial charge in [-0.15, -0.1) is 0 Å². The van der Waals surface area contributed by atoms with Gasteiger partial charge in [-0.25, -0.2) is 4.99 Å². The molecule has 2 atom stereocenters. The van der Waals surface area contributed by atoms with Gasteiger partial charge in [0.25, 0.3) is 0 Å². The van der Waals surface area contributed by atoms with Crippen LogP contribution in [0.1, 0.15) is 81.1 Å². The van der Waals surface area contributed by atoms with Crippen molar-refractivity contribution >= 4 is 11.5 Å². The second-order valence-electron chi connectivity index (χ2n) is 9.23. The first-order valence-electron chi connectivity index (χ1n) is 12.7. The van der Waals surface area contributed by atoms with E-state index >= 15 is 0 Å². The molecule has 1 unspecified atom stereocenters. The first-order chi connectivity index (χ1) is 15.8. The van der Waals surface area contributed by atoms with Gasteiger partial charge in [-0.05, 0) is 58.7 Å². The highest BCUT2D eigenvalue weighted by atomic mass is 16.5. The number of nitrogens with one attached hydrogen (secondary N) is 2. The molecule has 0 saturated heterocycles. The first-order valence-corrected chi connectivity index (χ1v) is 12.7. The van der Waals surface area contributed by atoms with E-state index in [0.29, 0.717) is 17.4 Å². The molecule has 186 valence electrons. The number of aliphatic imine (C=N–C) groups is 1. The molecule has 33 heavy (non-hydrogen) atoms. The normalized spacial score (nSPS) is 18.7. The van der Waals surface area contributed by atoms with Gasteiger partial charge in [0.2, 0.25) is 0 Å². The van der Waals surface area contributed by atoms with Crippen LogP contribution in [0.3, 0.4) is 0 Å². The monoisotopic (exact) mass is 457 g/mol. The van der Waals surface area contributed by atoms with Crippen molar-refractivity contribution in [3.05, 3.63) is 47.2 Å². The largest absolute Gasteiger partial charge is 0.497 e. The van der Waals surface area contributed by atoms with E-state index in [-0.39, 0.29) is 11.7 Å². The fraction of sp³-hybridized carbons (Fsp3) is 0.643. The Bertz CT molecular complexity index is 772. The van der Waals surface area contributed by atoms with Crippen LogP contribution in [0.25, 0.3) is 0 Å². The van der Waals surface area contributed by atoms with Crippen LogP contribution in [0.2, 0.25) is 0 Å². The van der Waals surface area contributed by atoms with E-state index in [9.17, 15) is 4.79 Å². The lowest BCUT2D eigenvalue weighted by Crippen LogP contribution is -2.27. The number of ketones is 1. The summed E-state index contributed by atoms with van der Waals surface area (Å²) in [6.45, 7) is 19.0. The molecule has 0 aromatic rings. The van der Waals surface area contributed by atoms with Gasteiger partial charge in [0, 0.05) is 35.6 Å². The Morgan fingerprint density at radius 3 is 2.55 bits per heavy atom. The molecular weight excluding hydrogens is 410 g/mol. The topological polar surface area (TPSA) is 62.7 Å². The van der Waals surface area contributed by atoms with E-state index < -0.39 is 0 Å². The molecule has 5 nitrogen and oxygen atoms in total. The molecule has 0 aromatic heterocycles. The summed E-state index contributed by atoms with van der Waals surface area (Å²) in [4.78, 5) is 17.2. The fourth-order valence-corrected chi connectivity index (χ4v) is 3.79. The Balaban J connectivity index is 2.87. The molecule has 1 aliphatic rings. The Hall–Kier alpha value is -2.14. The molecule has 2 N–H and O–H groups in total. The number of nitrogens with zero attached hydrogens (tertiary/aromatic N) is 1. The third-order valence-corrected chi connectivity index (χ3v) is 5.82. The van der Waals surface area contributed by atoms with Crippen molar-refractivity contribution in [2.75, 3.05) is 19.7 Å². The number of rotatable bonds is 15. The summed E-state index contributed by atoms with van der Waals surface area (Å²) < 4.78 is 6.31. The van der Waals surface area contributed by atoms with Gasteiger partial charge < -0.3 is 15.4 Å². The van der Waals surface area contributed by atoms with Crippen molar-refractivity contribution in [2.24, 2.45) is 22.7 Å². The van der Waals surface area contributed by atoms with Crippen molar-refractivity contribution in [2.45, 2.75) is 81.1 Å². The SMILES string of the molecule is C\C=C(/N=C(C)\C(=C/C)C(=O)C(C)C)NC1=CCC(C)C(OC[C@H](CCC)CNCCC)=C1. The average Bonchev–Trinajstić information content (AvgIpc) is 2.79. The highest BCUT2D eigenvalue weighted by Crippen LogP contribution is 2.25. The van der Waals surface area contributed by atoms with Crippen LogP contribution < -0.4 is 10.6 Å². The standard InChI is InChI=1S/C28H47N3O2/c1-9-13-23(18-29-16-10-2)19-33-26-17-24(15-14-21(26)7)31-27(12-4)30-22(8)25(11-3)28(32)20(5)6/h11-12,15,17,20-21,23,29,31H,9-10,13-14,16,18-19H2,1-8H3/b25-11+,27-12+,30-22-/t21?,23-/m1/s1. The molecule has 0 heterocycles. The minimum atomic E-state index is -0.0535. The van der Waals surface area contributed by atoms with E-state index in [1.54, 1.807) is 0 Å². The molecule has 0 fully saturated rings. The van der Waals surface area contributed by atoms with Gasteiger partial charge in [-0.1, -0.05) is 53.2 Å². The minimum absolute atomic E-state index is 0.0535. The van der Waals surface area contributed by atoms with Gasteiger partial charge in [-0.3, -0.25) is 4.79 Å². The van der Waals surface area contributed by atoms with E-state index in [1.807, 2.05) is 46.8 Å². The molecule has 0 radical (unpaired) electrons. The highest BCUT2D eigenvalue weighted by molar-refractivity contribution is 6.22. The maximum atomic E-state index is 12.5. The van der Waals surface area contributed by atoms with Gasteiger partial charge in [0.1, 0.15) is 11.6 Å². The molecule has 0 amide bonds. The second kappa shape index (κ2) is 15.7. The number of ether oxygens (including phenoxy) is 1. The van der Waals surface area contributed by atoms with Crippen molar-refractivity contribution in [3.63, 3.8) is 0 Å². The zero-order valence-electron chi connectivity index (χ0n) is 22.3. The van der Waals surface area contributed by atoms with Crippen LogP contribution >= 0.6 is 0 Å². The third kappa shape index (κ3) is 10.1. The average molecular weight is 458 g/mol. The minimum Gasteiger partial charge on any atom is -0.497 e. The molecule has 0 spiro atoms. The van der Waals surface area contributed by atoms with Crippen molar-refractivity contribution in [3.8, 4) is 0 Å². The summed E-state index contributed by atoms with van der Waals surface area (Å²) in [5.41, 5.74) is 2.39. The van der Waals surface area contributed by atoms with E-state index in [2.05, 4.69) is 43.6 Å². The van der Waals surface area contributed by atoms with Crippen LogP contribution in [0, 0.1) is 17.8 Å². The number of Topliss-reactive ketones (excluding diaryl/α,β-unsaturated/α-hetero) is 1. The maximum absolute atomic E-state index is 12.5. The summed E-state index contributed by atoms with van der Waals surface area (Å²) in [6.07, 6.45) is 12.5. The predicted octanol–water partition coefficient (Wildman–Crippen LogP) is 6.31. The number of carbonyl (C=O) groups is 1. The zero-order chi connectivity index (χ0) is 24.8. The van der Waals surface area contributed by atoms with E-state index in [1.165, 1.54) is 12.8 Å².